The molecule has 0 aromatic carbocycles. The second-order valence-corrected chi connectivity index (χ2v) is 2.50. The number of nitrogens with zero attached hydrogens (tertiary/aromatic N) is 1. The highest BCUT2D eigenvalue weighted by Gasteiger charge is 2.26. The average molecular weight is 143 g/mol. The molecule has 0 unspecified atom stereocenters. The maximum Gasteiger partial charge on any atom is 0.308 e. The van der Waals surface area contributed by atoms with E-state index >= 15 is 0 Å². The van der Waals surface area contributed by atoms with E-state index in [2.05, 4.69) is 5.18 Å². The Morgan fingerprint density at radius 3 is 2.90 bits per heavy atom. The number of carbonyl (C=O) groups is 1. The van der Waals surface area contributed by atoms with Gasteiger partial charge in [0.1, 0.15) is 12.1 Å². The molecule has 1 saturated heterocycles. The second-order valence-electron chi connectivity index (χ2n) is 2.50. The van der Waals surface area contributed by atoms with Crippen molar-refractivity contribution >= 4 is 5.97 Å². The summed E-state index contributed by atoms with van der Waals surface area (Å²) in [6.07, 6.45) is 0.562. The van der Waals surface area contributed by atoms with Crippen LogP contribution in [0.1, 0.15) is 19.8 Å². The molecule has 0 bridgehead atoms. The Bertz CT molecular complexity index is 157. The summed E-state index contributed by atoms with van der Waals surface area (Å²) in [4.78, 5) is 20.6. The Labute approximate surface area is 58.5 Å². The van der Waals surface area contributed by atoms with Crippen LogP contribution in [0.2, 0.25) is 0 Å². The second kappa shape index (κ2) is 2.77. The quantitative estimate of drug-likeness (QED) is 0.404. The smallest absolute Gasteiger partial charge is 0.308 e. The molecule has 1 aliphatic rings. The minimum Gasteiger partial charge on any atom is -0.463 e. The van der Waals surface area contributed by atoms with Crippen molar-refractivity contribution in [1.82, 2.24) is 0 Å². The zero-order valence-electron chi connectivity index (χ0n) is 5.74. The highest BCUT2D eigenvalue weighted by molar-refractivity contribution is 5.71. The number of ether oxygens (including phenoxy) is 1. The highest BCUT2D eigenvalue weighted by atomic mass is 16.5. The first-order chi connectivity index (χ1) is 4.72. The molecule has 0 aromatic rings. The van der Waals surface area contributed by atoms with Crippen LogP contribution in [0.4, 0.5) is 0 Å². The molecule has 10 heavy (non-hydrogen) atoms. The fraction of sp³-hybridized carbons (Fsp3) is 0.833. The first-order valence-electron chi connectivity index (χ1n) is 3.24. The Kier molecular flexibility index (Phi) is 1.99. The largest absolute Gasteiger partial charge is 0.463 e. The molecule has 1 aliphatic heterocycles. The fourth-order valence-electron chi connectivity index (χ4n) is 1.06. The molecule has 0 radical (unpaired) electrons. The van der Waals surface area contributed by atoms with E-state index in [9.17, 15) is 9.70 Å². The summed E-state index contributed by atoms with van der Waals surface area (Å²) in [5, 5.41) is 2.80. The van der Waals surface area contributed by atoms with Crippen LogP contribution >= 0.6 is 0 Å². The SMILES string of the molecule is C[C@@H]1C[C@@H](N=O)CC(=O)O1. The summed E-state index contributed by atoms with van der Waals surface area (Å²) in [6.45, 7) is 1.76. The predicted octanol–water partition coefficient (Wildman–Crippen LogP) is 0.847. The van der Waals surface area contributed by atoms with Gasteiger partial charge in [-0.3, -0.25) is 4.79 Å². The number of rotatable bonds is 1. The van der Waals surface area contributed by atoms with E-state index in [0.717, 1.165) is 0 Å². The standard InChI is InChI=1S/C6H9NO3/c1-4-2-5(7-9)3-6(8)10-4/h4-5H,2-3H2,1H3/t4-,5-/m1/s1. The zero-order valence-corrected chi connectivity index (χ0v) is 5.74. The van der Waals surface area contributed by atoms with Gasteiger partial charge in [-0.1, -0.05) is 5.18 Å². The van der Waals surface area contributed by atoms with Gasteiger partial charge in [-0.25, -0.2) is 0 Å². The van der Waals surface area contributed by atoms with Gasteiger partial charge in [-0.2, -0.15) is 4.91 Å². The van der Waals surface area contributed by atoms with Gasteiger partial charge >= 0.3 is 5.97 Å². The van der Waals surface area contributed by atoms with Crippen molar-refractivity contribution < 1.29 is 9.53 Å². The normalized spacial score (nSPS) is 33.1. The van der Waals surface area contributed by atoms with Crippen LogP contribution in [-0.4, -0.2) is 18.1 Å². The monoisotopic (exact) mass is 143 g/mol. The number of cyclic esters (lactones) is 1. The van der Waals surface area contributed by atoms with Crippen molar-refractivity contribution in [2.24, 2.45) is 5.18 Å². The molecular formula is C6H9NO3. The Hall–Kier alpha value is -0.930. The van der Waals surface area contributed by atoms with Crippen LogP contribution in [0.5, 0.6) is 0 Å². The van der Waals surface area contributed by atoms with Crippen LogP contribution in [-0.2, 0) is 9.53 Å². The van der Waals surface area contributed by atoms with Crippen molar-refractivity contribution in [3.63, 3.8) is 0 Å². The van der Waals surface area contributed by atoms with E-state index in [4.69, 9.17) is 4.74 Å². The lowest BCUT2D eigenvalue weighted by molar-refractivity contribution is -0.153. The van der Waals surface area contributed by atoms with Crippen LogP contribution in [0.3, 0.4) is 0 Å². The van der Waals surface area contributed by atoms with Gasteiger partial charge in [0.05, 0.1) is 6.42 Å². The zero-order chi connectivity index (χ0) is 7.56. The van der Waals surface area contributed by atoms with Crippen LogP contribution in [0.25, 0.3) is 0 Å². The van der Waals surface area contributed by atoms with Gasteiger partial charge < -0.3 is 4.74 Å². The third-order valence-corrected chi connectivity index (χ3v) is 1.49. The highest BCUT2D eigenvalue weighted by Crippen LogP contribution is 2.16. The topological polar surface area (TPSA) is 55.7 Å². The number of hydrogen-bond donors (Lipinski definition) is 0. The molecule has 0 amide bonds. The molecule has 0 aliphatic carbocycles. The number of hydrogen-bond acceptors (Lipinski definition) is 4. The van der Waals surface area contributed by atoms with Crippen molar-refractivity contribution in [2.45, 2.75) is 31.9 Å². The summed E-state index contributed by atoms with van der Waals surface area (Å²) < 4.78 is 4.78. The Balaban J connectivity index is 2.50. The lowest BCUT2D eigenvalue weighted by Crippen LogP contribution is -2.29. The molecule has 0 saturated carbocycles. The third-order valence-electron chi connectivity index (χ3n) is 1.49. The van der Waals surface area contributed by atoms with E-state index in [1.165, 1.54) is 0 Å². The van der Waals surface area contributed by atoms with E-state index < -0.39 is 0 Å². The maximum atomic E-state index is 10.6. The van der Waals surface area contributed by atoms with E-state index in [0.29, 0.717) is 6.42 Å². The summed E-state index contributed by atoms with van der Waals surface area (Å²) in [6, 6.07) is -0.365. The van der Waals surface area contributed by atoms with E-state index in [1.54, 1.807) is 6.92 Å². The van der Waals surface area contributed by atoms with Crippen molar-refractivity contribution in [2.75, 3.05) is 0 Å². The maximum absolute atomic E-state index is 10.6. The molecule has 1 rings (SSSR count). The lowest BCUT2D eigenvalue weighted by atomic mass is 10.1. The summed E-state index contributed by atoms with van der Waals surface area (Å²) in [5.74, 6) is -0.316. The van der Waals surface area contributed by atoms with Gasteiger partial charge in [0.15, 0.2) is 0 Å². The fourth-order valence-corrected chi connectivity index (χ4v) is 1.06. The summed E-state index contributed by atoms with van der Waals surface area (Å²) >= 11 is 0. The Morgan fingerprint density at radius 2 is 2.40 bits per heavy atom. The molecular weight excluding hydrogens is 134 g/mol. The van der Waals surface area contributed by atoms with Gasteiger partial charge in [0, 0.05) is 6.42 Å². The van der Waals surface area contributed by atoms with Crippen LogP contribution in [0.15, 0.2) is 5.18 Å². The van der Waals surface area contributed by atoms with Crippen molar-refractivity contribution in [3.8, 4) is 0 Å². The Morgan fingerprint density at radius 1 is 1.70 bits per heavy atom. The van der Waals surface area contributed by atoms with Gasteiger partial charge in [-0.05, 0) is 6.92 Å². The van der Waals surface area contributed by atoms with Gasteiger partial charge in [0.2, 0.25) is 0 Å². The van der Waals surface area contributed by atoms with E-state index in [1.807, 2.05) is 0 Å². The van der Waals surface area contributed by atoms with Crippen LogP contribution < -0.4 is 0 Å². The van der Waals surface area contributed by atoms with Crippen molar-refractivity contribution in [3.05, 3.63) is 4.91 Å². The lowest BCUT2D eigenvalue weighted by Gasteiger charge is -2.21. The first-order valence-corrected chi connectivity index (χ1v) is 3.24. The number of nitroso groups, excluding NO2 is 1. The van der Waals surface area contributed by atoms with Crippen molar-refractivity contribution in [1.29, 1.82) is 0 Å². The molecule has 4 heteroatoms. The van der Waals surface area contributed by atoms with Gasteiger partial charge in [0.25, 0.3) is 0 Å². The average Bonchev–Trinajstić information content (AvgIpc) is 1.85. The number of carbonyl (C=O) groups excluding carboxylic acids is 1. The van der Waals surface area contributed by atoms with Gasteiger partial charge in [-0.15, -0.1) is 0 Å². The molecule has 2 atom stereocenters. The predicted molar refractivity (Wildman–Crippen MR) is 34.4 cm³/mol. The molecule has 4 nitrogen and oxygen atoms in total. The molecule has 0 N–H and O–H groups in total. The number of esters is 1. The molecule has 0 spiro atoms. The van der Waals surface area contributed by atoms with E-state index in [-0.39, 0.29) is 24.5 Å². The summed E-state index contributed by atoms with van der Waals surface area (Å²) in [5.41, 5.74) is 0. The van der Waals surface area contributed by atoms with Crippen LogP contribution in [0, 0.1) is 4.91 Å². The minimum absolute atomic E-state index is 0.147. The first kappa shape index (κ1) is 7.18. The third kappa shape index (κ3) is 1.52. The molecule has 0 aromatic heterocycles. The summed E-state index contributed by atoms with van der Waals surface area (Å²) in [7, 11) is 0. The molecule has 1 heterocycles. The molecule has 56 valence electrons. The minimum atomic E-state index is -0.365. The molecule has 1 fully saturated rings.